The van der Waals surface area contributed by atoms with Crippen molar-refractivity contribution in [2.45, 2.75) is 51.6 Å². The Morgan fingerprint density at radius 1 is 1.07 bits per heavy atom. The predicted octanol–water partition coefficient (Wildman–Crippen LogP) is 3.48. The molecular weight excluding hydrogens is 360 g/mol. The van der Waals surface area contributed by atoms with Crippen molar-refractivity contribution < 1.29 is 0 Å². The van der Waals surface area contributed by atoms with Crippen molar-refractivity contribution in [2.75, 3.05) is 24.1 Å². The van der Waals surface area contributed by atoms with Gasteiger partial charge in [0.25, 0.3) is 0 Å². The average Bonchev–Trinajstić information content (AvgIpc) is 3.19. The van der Waals surface area contributed by atoms with E-state index in [4.69, 9.17) is 15.7 Å². The summed E-state index contributed by atoms with van der Waals surface area (Å²) in [5, 5.41) is 4.44. The van der Waals surface area contributed by atoms with E-state index in [-0.39, 0.29) is 0 Å². The number of piperidine rings is 1. The number of aromatic nitrogens is 3. The zero-order chi connectivity index (χ0) is 19.8. The van der Waals surface area contributed by atoms with Crippen LogP contribution in [0.15, 0.2) is 30.3 Å². The van der Waals surface area contributed by atoms with E-state index in [0.717, 1.165) is 56.4 Å². The fraction of sp³-hybridized carbons (Fsp3) is 0.435. The largest absolute Gasteiger partial charge is 0.383 e. The van der Waals surface area contributed by atoms with Gasteiger partial charge in [0.05, 0.1) is 5.39 Å². The highest BCUT2D eigenvalue weighted by Gasteiger charge is 2.23. The quantitative estimate of drug-likeness (QED) is 0.712. The first-order chi connectivity index (χ1) is 14.2. The number of nitrogens with two attached hydrogens (primary N) is 1. The lowest BCUT2D eigenvalue weighted by Gasteiger charge is -2.32. The zero-order valence-electron chi connectivity index (χ0n) is 17.0. The third-order valence-corrected chi connectivity index (χ3v) is 6.34. The van der Waals surface area contributed by atoms with Gasteiger partial charge in [-0.2, -0.15) is 9.97 Å². The molecule has 0 bridgehead atoms. The summed E-state index contributed by atoms with van der Waals surface area (Å²) in [6.45, 7) is 5.28. The molecule has 0 amide bonds. The Morgan fingerprint density at radius 2 is 1.86 bits per heavy atom. The SMILES string of the molecule is Cc1c2c(nc3nc(NC4CCN(Cc5ccccc5)CC4)nc(N)c13)CCC2. The molecule has 3 aromatic rings. The summed E-state index contributed by atoms with van der Waals surface area (Å²) in [4.78, 5) is 16.6. The van der Waals surface area contributed by atoms with E-state index < -0.39 is 0 Å². The fourth-order valence-corrected chi connectivity index (χ4v) is 4.76. The average molecular weight is 389 g/mol. The molecule has 1 aliphatic carbocycles. The fourth-order valence-electron chi connectivity index (χ4n) is 4.76. The van der Waals surface area contributed by atoms with Crippen LogP contribution in [0.25, 0.3) is 11.0 Å². The third-order valence-electron chi connectivity index (χ3n) is 6.34. The van der Waals surface area contributed by atoms with Crippen molar-refractivity contribution in [3.63, 3.8) is 0 Å². The lowest BCUT2D eigenvalue weighted by Crippen LogP contribution is -2.39. The van der Waals surface area contributed by atoms with Gasteiger partial charge in [0.2, 0.25) is 5.95 Å². The number of nitrogens with zero attached hydrogens (tertiary/aromatic N) is 4. The van der Waals surface area contributed by atoms with Gasteiger partial charge in [-0.25, -0.2) is 4.98 Å². The van der Waals surface area contributed by atoms with Crippen LogP contribution in [0.5, 0.6) is 0 Å². The molecule has 0 saturated carbocycles. The van der Waals surface area contributed by atoms with Gasteiger partial charge < -0.3 is 11.1 Å². The molecule has 1 aromatic carbocycles. The smallest absolute Gasteiger partial charge is 0.226 e. The van der Waals surface area contributed by atoms with Crippen molar-refractivity contribution in [3.8, 4) is 0 Å². The predicted molar refractivity (Wildman–Crippen MR) is 117 cm³/mol. The number of nitrogen functional groups attached to an aromatic ring is 1. The van der Waals surface area contributed by atoms with E-state index in [1.54, 1.807) is 0 Å². The monoisotopic (exact) mass is 388 g/mol. The van der Waals surface area contributed by atoms with E-state index in [0.29, 0.717) is 17.8 Å². The number of anilines is 2. The Hall–Kier alpha value is -2.73. The molecule has 3 N–H and O–H groups in total. The summed E-state index contributed by atoms with van der Waals surface area (Å²) in [5.41, 5.74) is 12.2. The van der Waals surface area contributed by atoms with Crippen LogP contribution in [-0.4, -0.2) is 39.0 Å². The first-order valence-corrected chi connectivity index (χ1v) is 10.7. The van der Waals surface area contributed by atoms with E-state index >= 15 is 0 Å². The Balaban J connectivity index is 1.28. The van der Waals surface area contributed by atoms with E-state index in [1.165, 1.54) is 28.8 Å². The summed E-state index contributed by atoms with van der Waals surface area (Å²) in [7, 11) is 0. The van der Waals surface area contributed by atoms with Crippen LogP contribution >= 0.6 is 0 Å². The molecule has 29 heavy (non-hydrogen) atoms. The van der Waals surface area contributed by atoms with Crippen LogP contribution in [0, 0.1) is 6.92 Å². The highest BCUT2D eigenvalue weighted by Crippen LogP contribution is 2.31. The molecule has 0 radical (unpaired) electrons. The van der Waals surface area contributed by atoms with Crippen molar-refractivity contribution in [1.82, 2.24) is 19.9 Å². The molecule has 1 saturated heterocycles. The van der Waals surface area contributed by atoms with E-state index in [2.05, 4.69) is 52.5 Å². The minimum absolute atomic E-state index is 0.370. The normalized spacial score (nSPS) is 17.6. The maximum atomic E-state index is 6.33. The van der Waals surface area contributed by atoms with Crippen LogP contribution < -0.4 is 11.1 Å². The number of benzene rings is 1. The summed E-state index contributed by atoms with van der Waals surface area (Å²) >= 11 is 0. The standard InChI is InChI=1S/C23H28N6/c1-15-18-8-5-9-19(18)26-22-20(15)21(24)27-23(28-22)25-17-10-12-29(13-11-17)14-16-6-3-2-4-7-16/h2-4,6-7,17H,5,8-14H2,1H3,(H3,24,25,26,27,28). The van der Waals surface area contributed by atoms with E-state index in [9.17, 15) is 0 Å². The van der Waals surface area contributed by atoms with Gasteiger partial charge in [0.15, 0.2) is 5.65 Å². The molecule has 150 valence electrons. The minimum Gasteiger partial charge on any atom is -0.383 e. The molecule has 0 atom stereocenters. The lowest BCUT2D eigenvalue weighted by molar-refractivity contribution is 0.211. The molecule has 0 spiro atoms. The zero-order valence-corrected chi connectivity index (χ0v) is 17.0. The van der Waals surface area contributed by atoms with Crippen molar-refractivity contribution in [1.29, 1.82) is 0 Å². The Morgan fingerprint density at radius 3 is 2.66 bits per heavy atom. The first kappa shape index (κ1) is 18.3. The number of likely N-dealkylation sites (tertiary alicyclic amines) is 1. The van der Waals surface area contributed by atoms with Gasteiger partial charge in [-0.1, -0.05) is 30.3 Å². The number of hydrogen-bond donors (Lipinski definition) is 2. The van der Waals surface area contributed by atoms with Crippen LogP contribution in [0.1, 0.15) is 41.6 Å². The van der Waals surface area contributed by atoms with Gasteiger partial charge >= 0.3 is 0 Å². The number of hydrogen-bond acceptors (Lipinski definition) is 6. The highest BCUT2D eigenvalue weighted by atomic mass is 15.2. The maximum Gasteiger partial charge on any atom is 0.226 e. The van der Waals surface area contributed by atoms with Crippen molar-refractivity contribution in [2.24, 2.45) is 0 Å². The molecule has 3 heterocycles. The first-order valence-electron chi connectivity index (χ1n) is 10.7. The second kappa shape index (κ2) is 7.59. The Kier molecular flexibility index (Phi) is 4.79. The van der Waals surface area contributed by atoms with Gasteiger partial charge in [0.1, 0.15) is 5.82 Å². The molecule has 2 aliphatic rings. The number of aryl methyl sites for hydroxylation is 2. The number of fused-ring (bicyclic) bond motifs is 2. The van der Waals surface area contributed by atoms with E-state index in [1.807, 2.05) is 0 Å². The van der Waals surface area contributed by atoms with Crippen molar-refractivity contribution >= 4 is 22.8 Å². The summed E-state index contributed by atoms with van der Waals surface area (Å²) in [6.07, 6.45) is 5.44. The maximum absolute atomic E-state index is 6.33. The molecule has 1 fully saturated rings. The van der Waals surface area contributed by atoms with Crippen LogP contribution in [0.2, 0.25) is 0 Å². The van der Waals surface area contributed by atoms with Gasteiger partial charge in [-0.3, -0.25) is 4.90 Å². The van der Waals surface area contributed by atoms with Crippen LogP contribution in [0.4, 0.5) is 11.8 Å². The second-order valence-corrected chi connectivity index (χ2v) is 8.33. The third kappa shape index (κ3) is 3.65. The minimum atomic E-state index is 0.370. The molecule has 2 aromatic heterocycles. The van der Waals surface area contributed by atoms with Crippen molar-refractivity contribution in [3.05, 3.63) is 52.7 Å². The number of pyridine rings is 1. The van der Waals surface area contributed by atoms with Gasteiger partial charge in [-0.05, 0) is 55.7 Å². The Bertz CT molecular complexity index is 1020. The Labute approximate surface area is 171 Å². The summed E-state index contributed by atoms with van der Waals surface area (Å²) in [5.74, 6) is 1.15. The molecule has 1 aliphatic heterocycles. The van der Waals surface area contributed by atoms with Crippen LogP contribution in [-0.2, 0) is 19.4 Å². The summed E-state index contributed by atoms with van der Waals surface area (Å²) < 4.78 is 0. The van der Waals surface area contributed by atoms with Gasteiger partial charge in [-0.15, -0.1) is 0 Å². The molecule has 0 unspecified atom stereocenters. The molecule has 6 heteroatoms. The molecule has 6 nitrogen and oxygen atoms in total. The topological polar surface area (TPSA) is 80.0 Å². The van der Waals surface area contributed by atoms with Crippen LogP contribution in [0.3, 0.4) is 0 Å². The highest BCUT2D eigenvalue weighted by molar-refractivity contribution is 5.90. The lowest BCUT2D eigenvalue weighted by atomic mass is 10.0. The number of rotatable bonds is 4. The molecule has 5 rings (SSSR count). The summed E-state index contributed by atoms with van der Waals surface area (Å²) in [6, 6.07) is 11.0. The second-order valence-electron chi connectivity index (χ2n) is 8.33. The number of nitrogens with one attached hydrogen (secondary N) is 1. The molecular formula is C23H28N6. The van der Waals surface area contributed by atoms with Gasteiger partial charge in [0, 0.05) is 31.4 Å².